The summed E-state index contributed by atoms with van der Waals surface area (Å²) in [5, 5.41) is 8.61. The number of hydrogen-bond donors (Lipinski definition) is 0. The third-order valence-corrected chi connectivity index (χ3v) is 1.89. The minimum Gasteiger partial charge on any atom is -0.258 e. The van der Waals surface area contributed by atoms with E-state index in [1.54, 1.807) is 0 Å². The normalized spacial score (nSPS) is 10.2. The van der Waals surface area contributed by atoms with E-state index in [4.69, 9.17) is 23.2 Å². The maximum atomic E-state index is 12.8. The summed E-state index contributed by atoms with van der Waals surface area (Å²) in [6.45, 7) is 0. The van der Waals surface area contributed by atoms with Crippen LogP contribution in [0.15, 0.2) is 6.07 Å². The summed E-state index contributed by atoms with van der Waals surface area (Å²) in [4.78, 5) is 9.13. The van der Waals surface area contributed by atoms with Crippen LogP contribution < -0.4 is 0 Å². The summed E-state index contributed by atoms with van der Waals surface area (Å²) in [5.74, 6) is -2.62. The van der Waals surface area contributed by atoms with E-state index in [-0.39, 0.29) is 0 Å². The fraction of sp³-hybridized carbons (Fsp3) is 0. The van der Waals surface area contributed by atoms with Crippen molar-refractivity contribution in [1.82, 2.24) is 0 Å². The fourth-order valence-corrected chi connectivity index (χ4v) is 1.14. The minimum absolute atomic E-state index is 0.568. The summed E-state index contributed by atoms with van der Waals surface area (Å²) >= 11 is 10.3. The molecule has 1 rings (SSSR count). The molecule has 0 bridgehead atoms. The second-order valence-corrected chi connectivity index (χ2v) is 2.86. The number of nitrogens with zero attached hydrogens (tertiary/aromatic N) is 1. The van der Waals surface area contributed by atoms with E-state index in [0.717, 1.165) is 0 Å². The SMILES string of the molecule is O=[N+]([O-])c1cc(Cl)c(F)c(Cl)c1F. The van der Waals surface area contributed by atoms with Gasteiger partial charge >= 0.3 is 5.69 Å². The highest BCUT2D eigenvalue weighted by Crippen LogP contribution is 2.32. The van der Waals surface area contributed by atoms with Crippen LogP contribution in [0.25, 0.3) is 0 Å². The van der Waals surface area contributed by atoms with Gasteiger partial charge in [-0.05, 0) is 0 Å². The molecule has 0 N–H and O–H groups in total. The van der Waals surface area contributed by atoms with E-state index in [0.29, 0.717) is 6.07 Å². The van der Waals surface area contributed by atoms with Crippen molar-refractivity contribution >= 4 is 28.9 Å². The molecule has 0 unspecified atom stereocenters. The Kier molecular flexibility index (Phi) is 2.68. The second kappa shape index (κ2) is 3.43. The van der Waals surface area contributed by atoms with Crippen LogP contribution in [0.3, 0.4) is 0 Å². The summed E-state index contributed by atoms with van der Waals surface area (Å²) in [7, 11) is 0. The van der Waals surface area contributed by atoms with Gasteiger partial charge in [0, 0.05) is 6.07 Å². The van der Waals surface area contributed by atoms with Crippen molar-refractivity contribution in [2.75, 3.05) is 0 Å². The molecule has 0 atom stereocenters. The summed E-state index contributed by atoms with van der Waals surface area (Å²) in [6.07, 6.45) is 0. The Morgan fingerprint density at radius 1 is 1.31 bits per heavy atom. The van der Waals surface area contributed by atoms with Crippen LogP contribution in [0.2, 0.25) is 10.0 Å². The first-order valence-electron chi connectivity index (χ1n) is 2.92. The zero-order valence-corrected chi connectivity index (χ0v) is 7.36. The Morgan fingerprint density at radius 3 is 2.31 bits per heavy atom. The van der Waals surface area contributed by atoms with Crippen molar-refractivity contribution in [3.05, 3.63) is 37.9 Å². The third-order valence-electron chi connectivity index (χ3n) is 1.28. The van der Waals surface area contributed by atoms with Crippen LogP contribution in [0, 0.1) is 21.7 Å². The molecule has 0 aliphatic heterocycles. The number of nitro groups is 1. The molecule has 3 nitrogen and oxygen atoms in total. The minimum atomic E-state index is -1.42. The van der Waals surface area contributed by atoms with Crippen molar-refractivity contribution in [2.24, 2.45) is 0 Å². The van der Waals surface area contributed by atoms with E-state index in [9.17, 15) is 18.9 Å². The lowest BCUT2D eigenvalue weighted by Crippen LogP contribution is -1.95. The Bertz CT molecular complexity index is 383. The lowest BCUT2D eigenvalue weighted by Gasteiger charge is -1.99. The molecule has 0 aromatic heterocycles. The number of hydrogen-bond acceptors (Lipinski definition) is 2. The molecule has 0 amide bonds. The van der Waals surface area contributed by atoms with Gasteiger partial charge in [-0.25, -0.2) is 4.39 Å². The van der Waals surface area contributed by atoms with Crippen molar-refractivity contribution in [2.45, 2.75) is 0 Å². The number of nitro benzene ring substituents is 1. The molecule has 0 aliphatic carbocycles. The maximum absolute atomic E-state index is 12.8. The molecule has 0 heterocycles. The molecular formula is C6HCl2F2NO2. The van der Waals surface area contributed by atoms with Crippen molar-refractivity contribution < 1.29 is 13.7 Å². The highest BCUT2D eigenvalue weighted by atomic mass is 35.5. The zero-order valence-electron chi connectivity index (χ0n) is 5.85. The van der Waals surface area contributed by atoms with Crippen molar-refractivity contribution in [3.63, 3.8) is 0 Å². The van der Waals surface area contributed by atoms with Gasteiger partial charge in [-0.1, -0.05) is 23.2 Å². The van der Waals surface area contributed by atoms with Gasteiger partial charge in [-0.15, -0.1) is 0 Å². The van der Waals surface area contributed by atoms with E-state index < -0.39 is 32.3 Å². The molecule has 0 saturated carbocycles. The van der Waals surface area contributed by atoms with Crippen molar-refractivity contribution in [3.8, 4) is 0 Å². The molecule has 0 aliphatic rings. The van der Waals surface area contributed by atoms with Gasteiger partial charge in [0.2, 0.25) is 5.82 Å². The van der Waals surface area contributed by atoms with Crippen LogP contribution in [0.4, 0.5) is 14.5 Å². The number of benzene rings is 1. The van der Waals surface area contributed by atoms with Crippen LogP contribution >= 0.6 is 23.2 Å². The first kappa shape index (κ1) is 10.1. The molecule has 0 saturated heterocycles. The predicted octanol–water partition coefficient (Wildman–Crippen LogP) is 3.18. The summed E-state index contributed by atoms with van der Waals surface area (Å²) < 4.78 is 25.5. The highest BCUT2D eigenvalue weighted by Gasteiger charge is 2.23. The summed E-state index contributed by atoms with van der Waals surface area (Å²) in [6, 6.07) is 0.568. The second-order valence-electron chi connectivity index (χ2n) is 2.08. The van der Waals surface area contributed by atoms with Gasteiger partial charge in [0.05, 0.1) is 9.95 Å². The van der Waals surface area contributed by atoms with Gasteiger partial charge < -0.3 is 0 Å². The first-order valence-corrected chi connectivity index (χ1v) is 3.68. The molecular weight excluding hydrogens is 227 g/mol. The van der Waals surface area contributed by atoms with Gasteiger partial charge in [0.15, 0.2) is 5.82 Å². The Morgan fingerprint density at radius 2 is 1.85 bits per heavy atom. The Labute approximate surface area is 81.0 Å². The van der Waals surface area contributed by atoms with Gasteiger partial charge in [-0.3, -0.25) is 10.1 Å². The molecule has 0 radical (unpaired) electrons. The first-order chi connectivity index (χ1) is 5.95. The van der Waals surface area contributed by atoms with Crippen molar-refractivity contribution in [1.29, 1.82) is 0 Å². The van der Waals surface area contributed by atoms with Crippen LogP contribution in [-0.2, 0) is 0 Å². The average molecular weight is 228 g/mol. The number of halogens is 4. The summed E-state index contributed by atoms with van der Waals surface area (Å²) in [5.41, 5.74) is -0.948. The molecule has 13 heavy (non-hydrogen) atoms. The molecule has 0 fully saturated rings. The van der Waals surface area contributed by atoms with E-state index >= 15 is 0 Å². The van der Waals surface area contributed by atoms with E-state index in [2.05, 4.69) is 0 Å². The van der Waals surface area contributed by atoms with E-state index in [1.165, 1.54) is 0 Å². The lowest BCUT2D eigenvalue weighted by molar-refractivity contribution is -0.387. The van der Waals surface area contributed by atoms with E-state index in [1.807, 2.05) is 0 Å². The lowest BCUT2D eigenvalue weighted by atomic mass is 10.3. The molecule has 7 heteroatoms. The largest absolute Gasteiger partial charge is 0.308 e. The molecule has 70 valence electrons. The molecule has 1 aromatic carbocycles. The topological polar surface area (TPSA) is 43.1 Å². The van der Waals surface area contributed by atoms with Crippen LogP contribution in [-0.4, -0.2) is 4.92 Å². The van der Waals surface area contributed by atoms with Gasteiger partial charge in [0.1, 0.15) is 5.02 Å². The predicted molar refractivity (Wildman–Crippen MR) is 43.0 cm³/mol. The van der Waals surface area contributed by atoms with Gasteiger partial charge in [0.25, 0.3) is 0 Å². The quantitative estimate of drug-likeness (QED) is 0.320. The fourth-order valence-electron chi connectivity index (χ4n) is 0.693. The third kappa shape index (κ3) is 1.71. The van der Waals surface area contributed by atoms with Crippen LogP contribution in [0.5, 0.6) is 0 Å². The average Bonchev–Trinajstić information content (AvgIpc) is 2.07. The smallest absolute Gasteiger partial charge is 0.258 e. The monoisotopic (exact) mass is 227 g/mol. The number of rotatable bonds is 1. The zero-order chi connectivity index (χ0) is 10.2. The molecule has 0 spiro atoms. The Hall–Kier alpha value is -0.940. The van der Waals surface area contributed by atoms with Gasteiger partial charge in [-0.2, -0.15) is 4.39 Å². The Balaban J connectivity index is 3.50. The van der Waals surface area contributed by atoms with Crippen LogP contribution in [0.1, 0.15) is 0 Å². The molecule has 1 aromatic rings. The standard InChI is InChI=1S/C6HCl2F2NO2/c7-2-1-3(11(12)13)6(10)4(8)5(2)9/h1H. The highest BCUT2D eigenvalue weighted by molar-refractivity contribution is 6.35. The maximum Gasteiger partial charge on any atom is 0.308 e.